The van der Waals surface area contributed by atoms with Crippen molar-refractivity contribution in [3.63, 3.8) is 0 Å². The monoisotopic (exact) mass is 740 g/mol. The van der Waals surface area contributed by atoms with Crippen LogP contribution in [0.1, 0.15) is 12.0 Å². The molecule has 2 heteroatoms. The van der Waals surface area contributed by atoms with Crippen molar-refractivity contribution in [2.45, 2.75) is 12.5 Å². The van der Waals surface area contributed by atoms with E-state index in [2.05, 4.69) is 234 Å². The zero-order valence-electron chi connectivity index (χ0n) is 32.0. The lowest BCUT2D eigenvalue weighted by Crippen LogP contribution is -2.30. The van der Waals surface area contributed by atoms with Crippen LogP contribution in [0.5, 0.6) is 0 Å². The fourth-order valence-electron chi connectivity index (χ4n) is 9.13. The van der Waals surface area contributed by atoms with Gasteiger partial charge in [-0.05, 0) is 116 Å². The first kappa shape index (κ1) is 33.9. The highest BCUT2D eigenvalue weighted by atomic mass is 15.2. The number of fused-ring (bicyclic) bond motifs is 5. The number of para-hydroxylation sites is 1. The van der Waals surface area contributed by atoms with Gasteiger partial charge < -0.3 is 9.47 Å². The summed E-state index contributed by atoms with van der Waals surface area (Å²) in [6.07, 6.45) is 8.07. The summed E-state index contributed by atoms with van der Waals surface area (Å²) in [5.74, 6) is 0. The van der Waals surface area contributed by atoms with Gasteiger partial charge in [-0.3, -0.25) is 0 Å². The van der Waals surface area contributed by atoms with Gasteiger partial charge >= 0.3 is 0 Å². The van der Waals surface area contributed by atoms with Crippen molar-refractivity contribution < 1.29 is 0 Å². The van der Waals surface area contributed by atoms with Gasteiger partial charge in [0.2, 0.25) is 0 Å². The standard InChI is InChI=1S/C56H40N2/c1-3-14-39(15-4-1)40-28-32-47(33-29-40)57(48-34-30-42(31-35-48)51-25-12-19-41-16-9-10-24-50(41)51)49-23-11-20-45(36-49)52-26-13-27-54-56(52)53-37-43-17-7-8-18-44(43)38-55(53)58(54)46-21-5-2-6-22-46/h1-22,24-38,49H,23H2. The van der Waals surface area contributed by atoms with Gasteiger partial charge in [-0.15, -0.1) is 0 Å². The van der Waals surface area contributed by atoms with Crippen LogP contribution in [-0.2, 0) is 0 Å². The van der Waals surface area contributed by atoms with Gasteiger partial charge in [-0.25, -0.2) is 0 Å². The van der Waals surface area contributed by atoms with Crippen LogP contribution >= 0.6 is 0 Å². The van der Waals surface area contributed by atoms with Crippen LogP contribution in [-0.4, -0.2) is 10.6 Å². The Hall–Kier alpha value is -7.42. The molecule has 1 unspecified atom stereocenters. The largest absolute Gasteiger partial charge is 0.334 e. The summed E-state index contributed by atoms with van der Waals surface area (Å²) in [7, 11) is 0. The Morgan fingerprint density at radius 2 is 1.02 bits per heavy atom. The summed E-state index contributed by atoms with van der Waals surface area (Å²) in [6.45, 7) is 0. The highest BCUT2D eigenvalue weighted by Crippen LogP contribution is 2.42. The lowest BCUT2D eigenvalue weighted by molar-refractivity contribution is 0.788. The molecule has 9 aromatic carbocycles. The Balaban J connectivity index is 1.06. The molecule has 0 saturated carbocycles. The van der Waals surface area contributed by atoms with Crippen LogP contribution in [0.3, 0.4) is 0 Å². The van der Waals surface area contributed by atoms with Crippen molar-refractivity contribution >= 4 is 60.3 Å². The van der Waals surface area contributed by atoms with Crippen LogP contribution in [0.15, 0.2) is 224 Å². The molecule has 0 saturated heterocycles. The highest BCUT2D eigenvalue weighted by molar-refractivity contribution is 6.17. The lowest BCUT2D eigenvalue weighted by Gasteiger charge is -2.34. The molecule has 58 heavy (non-hydrogen) atoms. The molecule has 0 amide bonds. The number of hydrogen-bond acceptors (Lipinski definition) is 1. The van der Waals surface area contributed by atoms with Gasteiger partial charge in [0.1, 0.15) is 0 Å². The summed E-state index contributed by atoms with van der Waals surface area (Å²) in [5, 5.41) is 7.57. The summed E-state index contributed by atoms with van der Waals surface area (Å²) in [5.41, 5.74) is 13.3. The molecule has 2 nitrogen and oxygen atoms in total. The Labute approximate surface area is 338 Å². The van der Waals surface area contributed by atoms with Gasteiger partial charge in [0.25, 0.3) is 0 Å². The Morgan fingerprint density at radius 3 is 1.78 bits per heavy atom. The minimum Gasteiger partial charge on any atom is -0.334 e. The van der Waals surface area contributed by atoms with Crippen LogP contribution in [0.25, 0.3) is 76.9 Å². The summed E-state index contributed by atoms with van der Waals surface area (Å²) in [4.78, 5) is 2.52. The third-order valence-electron chi connectivity index (χ3n) is 11.9. The number of benzene rings is 9. The SMILES string of the molecule is C1=CC(c2cccc3c2c2cc4ccccc4cc2n3-c2ccccc2)=CC(N(c2ccc(-c3ccccc3)cc2)c2ccc(-c3cccc4ccccc34)cc2)C1. The highest BCUT2D eigenvalue weighted by Gasteiger charge is 2.24. The zero-order valence-corrected chi connectivity index (χ0v) is 32.0. The van der Waals surface area contributed by atoms with Crippen molar-refractivity contribution in [1.29, 1.82) is 0 Å². The van der Waals surface area contributed by atoms with E-state index in [1.54, 1.807) is 0 Å². The van der Waals surface area contributed by atoms with Crippen molar-refractivity contribution in [1.82, 2.24) is 4.57 Å². The zero-order chi connectivity index (χ0) is 38.4. The average molecular weight is 741 g/mol. The molecule has 0 radical (unpaired) electrons. The topological polar surface area (TPSA) is 8.17 Å². The van der Waals surface area contributed by atoms with Crippen LogP contribution in [0.2, 0.25) is 0 Å². The number of allylic oxidation sites excluding steroid dienone is 2. The van der Waals surface area contributed by atoms with E-state index < -0.39 is 0 Å². The Morgan fingerprint density at radius 1 is 0.431 bits per heavy atom. The molecule has 0 N–H and O–H groups in total. The molecular formula is C56H40N2. The number of nitrogens with zero attached hydrogens (tertiary/aromatic N) is 2. The van der Waals surface area contributed by atoms with Crippen molar-refractivity contribution in [2.75, 3.05) is 4.90 Å². The molecule has 1 heterocycles. The van der Waals surface area contributed by atoms with E-state index in [4.69, 9.17) is 0 Å². The predicted molar refractivity (Wildman–Crippen MR) is 247 cm³/mol. The van der Waals surface area contributed by atoms with Crippen molar-refractivity contribution in [2.24, 2.45) is 0 Å². The third kappa shape index (κ3) is 5.90. The Kier molecular flexibility index (Phi) is 8.33. The molecule has 274 valence electrons. The third-order valence-corrected chi connectivity index (χ3v) is 11.9. The van der Waals surface area contributed by atoms with E-state index >= 15 is 0 Å². The molecule has 0 bridgehead atoms. The minimum atomic E-state index is 0.0875. The second-order valence-electron chi connectivity index (χ2n) is 15.3. The van der Waals surface area contributed by atoms with Crippen molar-refractivity contribution in [3.05, 3.63) is 230 Å². The smallest absolute Gasteiger partial charge is 0.0565 e. The molecule has 1 aliphatic rings. The molecule has 0 spiro atoms. The molecule has 1 aromatic heterocycles. The number of hydrogen-bond donors (Lipinski definition) is 0. The normalized spacial score (nSPS) is 14.0. The molecule has 0 aliphatic heterocycles. The number of anilines is 2. The Bertz CT molecular complexity index is 3170. The fourth-order valence-corrected chi connectivity index (χ4v) is 9.13. The summed E-state index contributed by atoms with van der Waals surface area (Å²) in [6, 6.07) is 75.3. The summed E-state index contributed by atoms with van der Waals surface area (Å²) < 4.78 is 2.43. The maximum absolute atomic E-state index is 2.52. The van der Waals surface area contributed by atoms with E-state index in [0.717, 1.165) is 17.8 Å². The fraction of sp³-hybridized carbons (Fsp3) is 0.0357. The molecule has 1 atom stereocenters. The maximum Gasteiger partial charge on any atom is 0.0565 e. The minimum absolute atomic E-state index is 0.0875. The van der Waals surface area contributed by atoms with E-state index in [1.807, 2.05) is 0 Å². The van der Waals surface area contributed by atoms with Crippen LogP contribution in [0, 0.1) is 0 Å². The molecule has 10 aromatic rings. The van der Waals surface area contributed by atoms with Gasteiger partial charge in [-0.1, -0.05) is 170 Å². The molecule has 1 aliphatic carbocycles. The first-order valence-electron chi connectivity index (χ1n) is 20.2. The van der Waals surface area contributed by atoms with Gasteiger partial charge in [0.15, 0.2) is 0 Å². The van der Waals surface area contributed by atoms with E-state index in [0.29, 0.717) is 0 Å². The number of aromatic nitrogens is 1. The van der Waals surface area contributed by atoms with E-state index in [9.17, 15) is 0 Å². The van der Waals surface area contributed by atoms with Crippen molar-refractivity contribution in [3.8, 4) is 27.9 Å². The maximum atomic E-state index is 2.52. The number of rotatable bonds is 7. The molecular weight excluding hydrogens is 701 g/mol. The van der Waals surface area contributed by atoms with Gasteiger partial charge in [0.05, 0.1) is 17.1 Å². The van der Waals surface area contributed by atoms with Gasteiger partial charge in [-0.2, -0.15) is 0 Å². The second kappa shape index (κ2) is 14.3. The second-order valence-corrected chi connectivity index (χ2v) is 15.3. The molecule has 0 fully saturated rings. The quantitative estimate of drug-likeness (QED) is 0.158. The summed E-state index contributed by atoms with van der Waals surface area (Å²) >= 11 is 0. The molecule has 11 rings (SSSR count). The predicted octanol–water partition coefficient (Wildman–Crippen LogP) is 15.0. The average Bonchev–Trinajstić information content (AvgIpc) is 3.62. The van der Waals surface area contributed by atoms with Crippen LogP contribution in [0.4, 0.5) is 11.4 Å². The van der Waals surface area contributed by atoms with E-state index in [1.165, 1.54) is 82.4 Å². The first-order chi connectivity index (χ1) is 28.8. The van der Waals surface area contributed by atoms with Crippen LogP contribution < -0.4 is 4.90 Å². The van der Waals surface area contributed by atoms with Gasteiger partial charge in [0, 0.05) is 27.8 Å². The first-order valence-corrected chi connectivity index (χ1v) is 20.2. The lowest BCUT2D eigenvalue weighted by atomic mass is 9.92. The van der Waals surface area contributed by atoms with E-state index in [-0.39, 0.29) is 6.04 Å².